The smallest absolute Gasteiger partial charge is 0.319 e. The molecule has 1 heterocycles. The van der Waals surface area contributed by atoms with Crippen LogP contribution in [-0.4, -0.2) is 10.6 Å². The molecule has 0 radical (unpaired) electrons. The van der Waals surface area contributed by atoms with Crippen molar-refractivity contribution in [2.75, 3.05) is 5.32 Å². The second-order valence-corrected chi connectivity index (χ2v) is 6.51. The molecule has 2 amide bonds. The van der Waals surface area contributed by atoms with Crippen molar-refractivity contribution < 1.29 is 4.79 Å². The van der Waals surface area contributed by atoms with Gasteiger partial charge in [-0.3, -0.25) is 0 Å². The summed E-state index contributed by atoms with van der Waals surface area (Å²) in [5.41, 5.74) is 4.17. The summed E-state index contributed by atoms with van der Waals surface area (Å²) in [6.07, 6.45) is 2.89. The van der Waals surface area contributed by atoms with E-state index in [0.717, 1.165) is 40.5 Å². The van der Waals surface area contributed by atoms with Gasteiger partial charge in [-0.05, 0) is 47.9 Å². The Morgan fingerprint density at radius 3 is 2.58 bits per heavy atom. The highest BCUT2D eigenvalue weighted by Gasteiger charge is 2.07. The van der Waals surface area contributed by atoms with Crippen LogP contribution < -0.4 is 10.6 Å². The minimum Gasteiger partial charge on any atom is -0.345 e. The third-order valence-electron chi connectivity index (χ3n) is 4.27. The molecular formula is C21H22ClN3O. The van der Waals surface area contributed by atoms with Crippen molar-refractivity contribution in [3.8, 4) is 0 Å². The average Bonchev–Trinajstić information content (AvgIpc) is 3.09. The van der Waals surface area contributed by atoms with Crippen molar-refractivity contribution >= 4 is 23.3 Å². The zero-order valence-corrected chi connectivity index (χ0v) is 15.5. The molecule has 0 aliphatic carbocycles. The number of halogens is 1. The van der Waals surface area contributed by atoms with Gasteiger partial charge in [0.2, 0.25) is 0 Å². The number of amides is 2. The molecule has 134 valence electrons. The van der Waals surface area contributed by atoms with Gasteiger partial charge in [0, 0.05) is 29.1 Å². The Morgan fingerprint density at radius 2 is 1.81 bits per heavy atom. The summed E-state index contributed by atoms with van der Waals surface area (Å²) < 4.78 is 2.11. The number of urea groups is 1. The normalized spacial score (nSPS) is 10.5. The van der Waals surface area contributed by atoms with Crippen molar-refractivity contribution in [1.82, 2.24) is 9.88 Å². The van der Waals surface area contributed by atoms with Crippen LogP contribution in [0.1, 0.15) is 23.7 Å². The maximum atomic E-state index is 12.2. The topological polar surface area (TPSA) is 46.1 Å². The molecule has 0 atom stereocenters. The molecule has 1 aromatic heterocycles. The summed E-state index contributed by atoms with van der Waals surface area (Å²) in [4.78, 5) is 12.2. The van der Waals surface area contributed by atoms with E-state index in [9.17, 15) is 4.79 Å². The molecule has 0 bridgehead atoms. The fourth-order valence-electron chi connectivity index (χ4n) is 2.84. The number of hydrogen-bond donors (Lipinski definition) is 2. The number of nitrogens with zero attached hydrogens (tertiary/aromatic N) is 1. The van der Waals surface area contributed by atoms with Gasteiger partial charge >= 0.3 is 6.03 Å². The Hall–Kier alpha value is -2.72. The van der Waals surface area contributed by atoms with Crippen LogP contribution in [0.25, 0.3) is 0 Å². The van der Waals surface area contributed by atoms with Gasteiger partial charge < -0.3 is 15.2 Å². The first-order valence-corrected chi connectivity index (χ1v) is 9.04. The monoisotopic (exact) mass is 367 g/mol. The van der Waals surface area contributed by atoms with Crippen LogP contribution in [0.15, 0.2) is 66.9 Å². The molecule has 26 heavy (non-hydrogen) atoms. The largest absolute Gasteiger partial charge is 0.345 e. The minimum absolute atomic E-state index is 0.204. The molecule has 0 fully saturated rings. The molecule has 0 saturated heterocycles. The molecule has 0 unspecified atom stereocenters. The van der Waals surface area contributed by atoms with E-state index in [0.29, 0.717) is 6.54 Å². The summed E-state index contributed by atoms with van der Waals surface area (Å²) in [6, 6.07) is 19.4. The van der Waals surface area contributed by atoms with E-state index in [1.165, 1.54) is 0 Å². The second-order valence-electron chi connectivity index (χ2n) is 6.07. The number of para-hydroxylation sites is 1. The Bertz CT molecular complexity index is 871. The first kappa shape index (κ1) is 18.1. The van der Waals surface area contributed by atoms with Gasteiger partial charge in [-0.25, -0.2) is 4.79 Å². The molecule has 3 rings (SSSR count). The number of anilines is 1. The summed E-state index contributed by atoms with van der Waals surface area (Å²) >= 11 is 5.94. The zero-order chi connectivity index (χ0) is 18.4. The molecule has 0 aliphatic heterocycles. The molecule has 5 heteroatoms. The molecule has 0 saturated carbocycles. The van der Waals surface area contributed by atoms with E-state index in [1.807, 2.05) is 66.9 Å². The van der Waals surface area contributed by atoms with Gasteiger partial charge in [0.05, 0.1) is 6.54 Å². The van der Waals surface area contributed by atoms with Crippen LogP contribution in [0, 0.1) is 0 Å². The minimum atomic E-state index is -0.204. The number of aryl methyl sites for hydroxylation is 1. The number of carbonyl (C=O) groups is 1. The van der Waals surface area contributed by atoms with Gasteiger partial charge in [0.1, 0.15) is 0 Å². The van der Waals surface area contributed by atoms with Gasteiger partial charge in [0.25, 0.3) is 0 Å². The molecule has 0 spiro atoms. The number of carbonyl (C=O) groups excluding carboxylic acids is 1. The average molecular weight is 368 g/mol. The van der Waals surface area contributed by atoms with Gasteiger partial charge in [-0.15, -0.1) is 0 Å². The number of hydrogen-bond acceptors (Lipinski definition) is 1. The van der Waals surface area contributed by atoms with Crippen molar-refractivity contribution in [3.05, 3.63) is 88.7 Å². The molecule has 0 aliphatic rings. The lowest BCUT2D eigenvalue weighted by Crippen LogP contribution is -2.29. The van der Waals surface area contributed by atoms with Crippen molar-refractivity contribution in [1.29, 1.82) is 0 Å². The van der Waals surface area contributed by atoms with Gasteiger partial charge in [-0.1, -0.05) is 48.9 Å². The highest BCUT2D eigenvalue weighted by atomic mass is 35.5. The lowest BCUT2D eigenvalue weighted by molar-refractivity contribution is 0.251. The Kier molecular flexibility index (Phi) is 5.97. The Labute approximate surface area is 158 Å². The molecular weight excluding hydrogens is 346 g/mol. The first-order valence-electron chi connectivity index (χ1n) is 8.67. The van der Waals surface area contributed by atoms with E-state index in [-0.39, 0.29) is 6.03 Å². The maximum absolute atomic E-state index is 12.2. The van der Waals surface area contributed by atoms with Crippen LogP contribution in [0.4, 0.5) is 10.5 Å². The highest BCUT2D eigenvalue weighted by Crippen LogP contribution is 2.15. The van der Waals surface area contributed by atoms with Crippen LogP contribution in [-0.2, 0) is 19.5 Å². The molecule has 4 nitrogen and oxygen atoms in total. The number of nitrogens with one attached hydrogen (secondary N) is 2. The van der Waals surface area contributed by atoms with Crippen LogP contribution in [0.2, 0.25) is 5.02 Å². The predicted molar refractivity (Wildman–Crippen MR) is 107 cm³/mol. The third kappa shape index (κ3) is 4.67. The van der Waals surface area contributed by atoms with Crippen LogP contribution in [0.3, 0.4) is 0 Å². The van der Waals surface area contributed by atoms with Crippen molar-refractivity contribution in [3.63, 3.8) is 0 Å². The van der Waals surface area contributed by atoms with E-state index in [2.05, 4.69) is 22.1 Å². The summed E-state index contributed by atoms with van der Waals surface area (Å²) in [7, 11) is 0. The van der Waals surface area contributed by atoms with Gasteiger partial charge in [-0.2, -0.15) is 0 Å². The van der Waals surface area contributed by atoms with Crippen LogP contribution >= 0.6 is 11.6 Å². The maximum Gasteiger partial charge on any atom is 0.319 e. The zero-order valence-electron chi connectivity index (χ0n) is 14.7. The SMILES string of the molecule is CCc1ccccc1NC(=O)NCc1cccn1Cc1ccc(Cl)cc1. The van der Waals surface area contributed by atoms with E-state index in [4.69, 9.17) is 11.6 Å². The molecule has 3 aromatic rings. The number of benzene rings is 2. The van der Waals surface area contributed by atoms with Gasteiger partial charge in [0.15, 0.2) is 0 Å². The van der Waals surface area contributed by atoms with E-state index >= 15 is 0 Å². The summed E-state index contributed by atoms with van der Waals surface area (Å²) in [5.74, 6) is 0. The molecule has 2 aromatic carbocycles. The first-order chi connectivity index (χ1) is 12.7. The van der Waals surface area contributed by atoms with Crippen molar-refractivity contribution in [2.45, 2.75) is 26.4 Å². The number of rotatable bonds is 6. The lowest BCUT2D eigenvalue weighted by Gasteiger charge is -2.13. The molecule has 2 N–H and O–H groups in total. The highest BCUT2D eigenvalue weighted by molar-refractivity contribution is 6.30. The van der Waals surface area contributed by atoms with E-state index in [1.54, 1.807) is 0 Å². The summed E-state index contributed by atoms with van der Waals surface area (Å²) in [5, 5.41) is 6.58. The fourth-order valence-corrected chi connectivity index (χ4v) is 2.96. The van der Waals surface area contributed by atoms with Crippen LogP contribution in [0.5, 0.6) is 0 Å². The standard InChI is InChI=1S/C21H22ClN3O/c1-2-17-6-3-4-8-20(17)24-21(26)23-14-19-7-5-13-25(19)15-16-9-11-18(22)12-10-16/h3-13H,2,14-15H2,1H3,(H2,23,24,26). The predicted octanol–water partition coefficient (Wildman–Crippen LogP) is 5.07. The second kappa shape index (κ2) is 8.59. The third-order valence-corrected chi connectivity index (χ3v) is 4.52. The quantitative estimate of drug-likeness (QED) is 0.627. The number of aromatic nitrogens is 1. The lowest BCUT2D eigenvalue weighted by atomic mass is 10.1. The van der Waals surface area contributed by atoms with Crippen molar-refractivity contribution in [2.24, 2.45) is 0 Å². The Morgan fingerprint density at radius 1 is 1.04 bits per heavy atom. The van der Waals surface area contributed by atoms with E-state index < -0.39 is 0 Å². The summed E-state index contributed by atoms with van der Waals surface area (Å²) in [6.45, 7) is 3.27. The fraction of sp³-hybridized carbons (Fsp3) is 0.190. The Balaban J connectivity index is 1.59.